The second kappa shape index (κ2) is 7.46. The summed E-state index contributed by atoms with van der Waals surface area (Å²) in [4.78, 5) is 11.9. The highest BCUT2D eigenvalue weighted by atomic mass is 32.2. The van der Waals surface area contributed by atoms with Crippen molar-refractivity contribution >= 4 is 15.9 Å². The van der Waals surface area contributed by atoms with Crippen molar-refractivity contribution in [2.45, 2.75) is 44.6 Å². The number of sulfonamides is 1. The maximum absolute atomic E-state index is 13.0. The number of carbonyl (C=O) groups excluding carboxylic acids is 1. The number of nitrogens with zero attached hydrogens (tertiary/aromatic N) is 1. The van der Waals surface area contributed by atoms with Gasteiger partial charge in [-0.3, -0.25) is 4.79 Å². The number of hydrogen-bond donors (Lipinski definition) is 2. The molecular weight excluding hydrogens is 304 g/mol. The van der Waals surface area contributed by atoms with Crippen molar-refractivity contribution in [3.8, 4) is 0 Å². The molecule has 1 aliphatic heterocycles. The van der Waals surface area contributed by atoms with E-state index in [2.05, 4.69) is 5.32 Å². The van der Waals surface area contributed by atoms with E-state index in [4.69, 9.17) is 5.73 Å². The van der Waals surface area contributed by atoms with E-state index in [1.54, 1.807) is 0 Å². The zero-order valence-corrected chi connectivity index (χ0v) is 13.0. The molecule has 124 valence electrons. The van der Waals surface area contributed by atoms with E-state index in [0.717, 1.165) is 10.7 Å². The molecule has 6 nitrogen and oxygen atoms in total. The highest BCUT2D eigenvalue weighted by molar-refractivity contribution is 7.89. The first kappa shape index (κ1) is 18.2. The first-order valence-electron chi connectivity index (χ1n) is 7.08. The van der Waals surface area contributed by atoms with Crippen LogP contribution in [-0.2, 0) is 14.8 Å². The van der Waals surface area contributed by atoms with Gasteiger partial charge in [0.1, 0.15) is 6.04 Å². The number of halogens is 2. The molecule has 0 bridgehead atoms. The fraction of sp³-hybridized carbons (Fsp3) is 0.917. The molecule has 9 heteroatoms. The Morgan fingerprint density at radius 3 is 2.71 bits per heavy atom. The van der Waals surface area contributed by atoms with Gasteiger partial charge >= 0.3 is 0 Å². The molecule has 0 aromatic heterocycles. The Kier molecular flexibility index (Phi) is 6.48. The topological polar surface area (TPSA) is 92.5 Å². The average Bonchev–Trinajstić information content (AvgIpc) is 2.93. The van der Waals surface area contributed by atoms with Gasteiger partial charge in [0.05, 0.1) is 18.8 Å². The van der Waals surface area contributed by atoms with Crippen molar-refractivity contribution < 1.29 is 22.0 Å². The maximum Gasteiger partial charge on any atom is 0.277 e. The number of alkyl halides is 2. The minimum Gasteiger partial charge on any atom is -0.349 e. The Morgan fingerprint density at radius 1 is 1.48 bits per heavy atom. The normalized spacial score (nSPS) is 20.7. The lowest BCUT2D eigenvalue weighted by Gasteiger charge is -2.24. The standard InChI is InChI=1S/C12H23F2N3O3S/c1-2-3-7-21(19,20)17-6-4-5-10(17)11(18)16-9-12(13,14)8-15/h10H,2-9,15H2,1H3,(H,16,18). The molecule has 1 amide bonds. The lowest BCUT2D eigenvalue weighted by molar-refractivity contribution is -0.126. The molecule has 1 fully saturated rings. The van der Waals surface area contributed by atoms with E-state index >= 15 is 0 Å². The van der Waals surface area contributed by atoms with Crippen LogP contribution < -0.4 is 11.1 Å². The predicted octanol–water partition coefficient (Wildman–Crippen LogP) is 0.291. The number of rotatable bonds is 8. The van der Waals surface area contributed by atoms with Crippen molar-refractivity contribution in [2.24, 2.45) is 5.73 Å². The second-order valence-corrected chi connectivity index (χ2v) is 7.26. The van der Waals surface area contributed by atoms with Crippen molar-refractivity contribution in [1.29, 1.82) is 0 Å². The van der Waals surface area contributed by atoms with Gasteiger partial charge in [0, 0.05) is 6.54 Å². The van der Waals surface area contributed by atoms with Crippen LogP contribution in [0.5, 0.6) is 0 Å². The van der Waals surface area contributed by atoms with Gasteiger partial charge in [-0.25, -0.2) is 17.2 Å². The van der Waals surface area contributed by atoms with Gasteiger partial charge in [-0.05, 0) is 19.3 Å². The molecule has 1 rings (SSSR count). The fourth-order valence-corrected chi connectivity index (χ4v) is 4.07. The van der Waals surface area contributed by atoms with Crippen LogP contribution >= 0.6 is 0 Å². The summed E-state index contributed by atoms with van der Waals surface area (Å²) < 4.78 is 51.5. The number of hydrogen-bond acceptors (Lipinski definition) is 4. The molecule has 1 heterocycles. The second-order valence-electron chi connectivity index (χ2n) is 5.22. The van der Waals surface area contributed by atoms with Gasteiger partial charge in [-0.15, -0.1) is 0 Å². The third kappa shape index (κ3) is 5.15. The van der Waals surface area contributed by atoms with Gasteiger partial charge in [0.15, 0.2) is 0 Å². The molecule has 0 saturated carbocycles. The Hall–Kier alpha value is -0.800. The predicted molar refractivity (Wildman–Crippen MR) is 75.4 cm³/mol. The summed E-state index contributed by atoms with van der Waals surface area (Å²) in [6.07, 6.45) is 2.15. The zero-order valence-electron chi connectivity index (χ0n) is 12.1. The molecule has 1 unspecified atom stereocenters. The van der Waals surface area contributed by atoms with Gasteiger partial charge in [0.25, 0.3) is 5.92 Å². The fourth-order valence-electron chi connectivity index (χ4n) is 2.19. The van der Waals surface area contributed by atoms with Crippen LogP contribution in [0.15, 0.2) is 0 Å². The van der Waals surface area contributed by atoms with E-state index in [0.29, 0.717) is 19.3 Å². The zero-order chi connectivity index (χ0) is 16.1. The van der Waals surface area contributed by atoms with Crippen molar-refractivity contribution in [3.05, 3.63) is 0 Å². The largest absolute Gasteiger partial charge is 0.349 e. The van der Waals surface area contributed by atoms with E-state index < -0.39 is 41.0 Å². The molecule has 0 aromatic rings. The van der Waals surface area contributed by atoms with E-state index in [1.807, 2.05) is 6.92 Å². The average molecular weight is 327 g/mol. The summed E-state index contributed by atoms with van der Waals surface area (Å²) in [5, 5.41) is 2.10. The van der Waals surface area contributed by atoms with Gasteiger partial charge in [-0.1, -0.05) is 13.3 Å². The monoisotopic (exact) mass is 327 g/mol. The number of carbonyl (C=O) groups is 1. The maximum atomic E-state index is 13.0. The molecule has 1 aliphatic rings. The Balaban J connectivity index is 2.66. The molecule has 3 N–H and O–H groups in total. The number of nitrogens with one attached hydrogen (secondary N) is 1. The SMILES string of the molecule is CCCCS(=O)(=O)N1CCCC1C(=O)NCC(F)(F)CN. The van der Waals surface area contributed by atoms with Crippen LogP contribution in [0.2, 0.25) is 0 Å². The lowest BCUT2D eigenvalue weighted by atomic mass is 10.2. The minimum absolute atomic E-state index is 0.0216. The van der Waals surface area contributed by atoms with Crippen LogP contribution in [0.3, 0.4) is 0 Å². The molecule has 0 aromatic carbocycles. The number of unbranched alkanes of at least 4 members (excludes halogenated alkanes) is 1. The lowest BCUT2D eigenvalue weighted by Crippen LogP contribution is -2.50. The highest BCUT2D eigenvalue weighted by Crippen LogP contribution is 2.22. The Bertz CT molecular complexity index is 457. The van der Waals surface area contributed by atoms with Crippen LogP contribution in [0.1, 0.15) is 32.6 Å². The summed E-state index contributed by atoms with van der Waals surface area (Å²) in [5.41, 5.74) is 4.89. The summed E-state index contributed by atoms with van der Waals surface area (Å²) in [5.74, 6) is -3.88. The quantitative estimate of drug-likeness (QED) is 0.670. The van der Waals surface area contributed by atoms with Gasteiger partial charge in [-0.2, -0.15) is 4.31 Å². The molecule has 0 radical (unpaired) electrons. The number of amides is 1. The molecule has 21 heavy (non-hydrogen) atoms. The van der Waals surface area contributed by atoms with E-state index in [9.17, 15) is 22.0 Å². The summed E-state index contributed by atoms with van der Waals surface area (Å²) in [7, 11) is -3.52. The summed E-state index contributed by atoms with van der Waals surface area (Å²) >= 11 is 0. The van der Waals surface area contributed by atoms with Gasteiger partial charge in [0.2, 0.25) is 15.9 Å². The van der Waals surface area contributed by atoms with Crippen molar-refractivity contribution in [3.63, 3.8) is 0 Å². The van der Waals surface area contributed by atoms with Crippen LogP contribution in [0.4, 0.5) is 8.78 Å². The minimum atomic E-state index is -3.52. The van der Waals surface area contributed by atoms with Crippen LogP contribution in [-0.4, -0.2) is 56.0 Å². The summed E-state index contributed by atoms with van der Waals surface area (Å²) in [6.45, 7) is 0.397. The molecule has 0 aliphatic carbocycles. The van der Waals surface area contributed by atoms with Crippen LogP contribution in [0, 0.1) is 0 Å². The third-order valence-electron chi connectivity index (χ3n) is 3.44. The smallest absolute Gasteiger partial charge is 0.277 e. The molecule has 1 saturated heterocycles. The molecular formula is C12H23F2N3O3S. The number of nitrogens with two attached hydrogens (primary N) is 1. The van der Waals surface area contributed by atoms with E-state index in [1.165, 1.54) is 0 Å². The van der Waals surface area contributed by atoms with Crippen LogP contribution in [0.25, 0.3) is 0 Å². The summed E-state index contributed by atoms with van der Waals surface area (Å²) in [6, 6.07) is -0.888. The first-order chi connectivity index (χ1) is 9.73. The molecule has 0 spiro atoms. The first-order valence-corrected chi connectivity index (χ1v) is 8.69. The third-order valence-corrected chi connectivity index (χ3v) is 5.40. The van der Waals surface area contributed by atoms with Gasteiger partial charge < -0.3 is 11.1 Å². The highest BCUT2D eigenvalue weighted by Gasteiger charge is 2.39. The van der Waals surface area contributed by atoms with Crippen molar-refractivity contribution in [1.82, 2.24) is 9.62 Å². The Morgan fingerprint density at radius 2 is 2.14 bits per heavy atom. The van der Waals surface area contributed by atoms with Crippen molar-refractivity contribution in [2.75, 3.05) is 25.4 Å². The molecule has 1 atom stereocenters. The Labute approximate surface area is 124 Å². The van der Waals surface area contributed by atoms with E-state index in [-0.39, 0.29) is 12.3 Å².